The largest absolute Gasteiger partial charge is 0.256 e. The van der Waals surface area contributed by atoms with Crippen LogP contribution in [0.4, 0.5) is 0 Å². The summed E-state index contributed by atoms with van der Waals surface area (Å²) in [6, 6.07) is 145. The molecule has 125 heavy (non-hydrogen) atoms. The van der Waals surface area contributed by atoms with E-state index in [1.807, 2.05) is 97.5 Å². The second kappa shape index (κ2) is 31.9. The van der Waals surface area contributed by atoms with Crippen LogP contribution in [0.5, 0.6) is 0 Å². The summed E-state index contributed by atoms with van der Waals surface area (Å²) in [5.41, 5.74) is 31.8. The van der Waals surface area contributed by atoms with Gasteiger partial charge in [0.25, 0.3) is 0 Å². The Morgan fingerprint density at radius 2 is 0.552 bits per heavy atom. The van der Waals surface area contributed by atoms with Crippen molar-refractivity contribution in [1.82, 2.24) is 44.9 Å². The molecular formula is C116H77N9. The van der Waals surface area contributed by atoms with Gasteiger partial charge in [-0.15, -0.1) is 0 Å². The molecule has 0 fully saturated rings. The van der Waals surface area contributed by atoms with E-state index in [2.05, 4.69) is 362 Å². The maximum absolute atomic E-state index is 5.22. The molecule has 586 valence electrons. The van der Waals surface area contributed by atoms with E-state index in [0.29, 0.717) is 17.5 Å². The lowest BCUT2D eigenvalue weighted by atomic mass is 9.81. The average molecular weight is 1600 g/mol. The first-order chi connectivity index (χ1) is 61.6. The van der Waals surface area contributed by atoms with Crippen LogP contribution >= 0.6 is 0 Å². The van der Waals surface area contributed by atoms with Gasteiger partial charge in [0.05, 0.1) is 50.2 Å². The summed E-state index contributed by atoms with van der Waals surface area (Å²) in [6.07, 6.45) is 5.52. The van der Waals surface area contributed by atoms with Crippen molar-refractivity contribution in [2.45, 2.75) is 19.3 Å². The average Bonchev–Trinajstić information content (AvgIpc) is 1.59. The molecule has 0 radical (unpaired) electrons. The van der Waals surface area contributed by atoms with Gasteiger partial charge in [-0.25, -0.2) is 29.9 Å². The first-order valence-corrected chi connectivity index (χ1v) is 42.2. The third-order valence-electron chi connectivity index (χ3n) is 24.3. The smallest absolute Gasteiger partial charge is 0.164 e. The fourth-order valence-electron chi connectivity index (χ4n) is 17.8. The predicted octanol–water partition coefficient (Wildman–Crippen LogP) is 29.5. The Morgan fingerprint density at radius 1 is 0.176 bits per heavy atom. The van der Waals surface area contributed by atoms with E-state index < -0.39 is 0 Å². The maximum atomic E-state index is 5.22. The topological polar surface area (TPSA) is 116 Å². The second-order valence-corrected chi connectivity index (χ2v) is 32.4. The zero-order chi connectivity index (χ0) is 83.3. The summed E-state index contributed by atoms with van der Waals surface area (Å²) in [5.74, 6) is 1.98. The van der Waals surface area contributed by atoms with E-state index in [4.69, 9.17) is 29.9 Å². The monoisotopic (exact) mass is 1600 g/mol. The van der Waals surface area contributed by atoms with Crippen LogP contribution in [-0.2, 0) is 5.41 Å². The number of rotatable bonds is 11. The van der Waals surface area contributed by atoms with Crippen molar-refractivity contribution >= 4 is 87.0 Å². The molecule has 0 bridgehead atoms. The van der Waals surface area contributed by atoms with Gasteiger partial charge in [0.1, 0.15) is 0 Å². The summed E-state index contributed by atoms with van der Waals surface area (Å²) < 4.78 is 0. The van der Waals surface area contributed by atoms with Crippen LogP contribution in [0.1, 0.15) is 25.0 Å². The van der Waals surface area contributed by atoms with Gasteiger partial charge >= 0.3 is 0 Å². The molecule has 24 rings (SSSR count). The fraction of sp³-hybridized carbons (Fsp3) is 0.0259. The summed E-state index contributed by atoms with van der Waals surface area (Å²) >= 11 is 0. The van der Waals surface area contributed by atoms with Crippen LogP contribution < -0.4 is 0 Å². The minimum absolute atomic E-state index is 0.0321. The second-order valence-electron chi connectivity index (χ2n) is 32.4. The van der Waals surface area contributed by atoms with Crippen molar-refractivity contribution in [3.05, 3.63) is 442 Å². The predicted molar refractivity (Wildman–Crippen MR) is 517 cm³/mol. The Kier molecular flexibility index (Phi) is 19.1. The molecule has 1 aliphatic rings. The first kappa shape index (κ1) is 74.8. The number of benzene rings is 16. The van der Waals surface area contributed by atoms with Crippen LogP contribution in [0.2, 0.25) is 0 Å². The lowest BCUT2D eigenvalue weighted by Gasteiger charge is -2.22. The molecule has 0 saturated heterocycles. The highest BCUT2D eigenvalue weighted by atomic mass is 15.0. The number of para-hydroxylation sites is 1. The molecular weight excluding hydrogens is 1520 g/mol. The molecule has 0 saturated carbocycles. The zero-order valence-corrected chi connectivity index (χ0v) is 68.5. The third-order valence-corrected chi connectivity index (χ3v) is 24.3. The van der Waals surface area contributed by atoms with Crippen molar-refractivity contribution < 1.29 is 0 Å². The molecule has 9 nitrogen and oxygen atoms in total. The summed E-state index contributed by atoms with van der Waals surface area (Å²) in [6.45, 7) is 4.66. The van der Waals surface area contributed by atoms with Gasteiger partial charge in [-0.3, -0.25) is 15.0 Å². The Morgan fingerprint density at radius 3 is 1.15 bits per heavy atom. The van der Waals surface area contributed by atoms with Crippen LogP contribution in [0, 0.1) is 0 Å². The number of nitrogens with zero attached hydrogens (tertiary/aromatic N) is 9. The van der Waals surface area contributed by atoms with Gasteiger partial charge < -0.3 is 0 Å². The van der Waals surface area contributed by atoms with Crippen LogP contribution in [0.25, 0.3) is 222 Å². The van der Waals surface area contributed by atoms with Gasteiger partial charge in [-0.05, 0) is 173 Å². The molecule has 23 aromatic rings. The number of aromatic nitrogens is 9. The molecule has 1 aliphatic carbocycles. The Balaban J connectivity index is 0.000000112. The molecule has 0 N–H and O–H groups in total. The Hall–Kier alpha value is -16.5. The highest BCUT2D eigenvalue weighted by Gasteiger charge is 2.35. The fourth-order valence-corrected chi connectivity index (χ4v) is 17.8. The van der Waals surface area contributed by atoms with Gasteiger partial charge in [0.15, 0.2) is 17.5 Å². The van der Waals surface area contributed by atoms with Crippen molar-refractivity contribution in [1.29, 1.82) is 0 Å². The molecule has 0 spiro atoms. The Labute approximate surface area is 723 Å². The molecule has 0 unspecified atom stereocenters. The normalized spacial score (nSPS) is 12.0. The molecule has 7 heterocycles. The van der Waals surface area contributed by atoms with E-state index in [0.717, 1.165) is 155 Å². The van der Waals surface area contributed by atoms with Gasteiger partial charge in [0, 0.05) is 95.3 Å². The van der Waals surface area contributed by atoms with E-state index in [1.54, 1.807) is 0 Å². The minimum atomic E-state index is -0.0321. The number of hydrogen-bond acceptors (Lipinski definition) is 9. The molecule has 0 aliphatic heterocycles. The standard InChI is InChI=1S/C42H31N3.C40H26N2.C34H20N4/c1-42(2)37-22-10-9-21-35(37)36-24-23-33(27-38(36)42)31-18-11-17-30(25-31)32-19-12-20-34(26-32)41-44-39(28-13-5-3-6-14-28)43-40(45-41)29-15-7-4-8-16-29;1-2-8-27(9-3-1)33-21-22-36-37(26-38(42-39(36)25-33)34-20-15-28-10-4-5-11-32(28)24-34)30-18-16-29(17-19-30)35-14-6-12-31-13-7-23-41-40(31)35;1-3-22-7-9-24-13-15-29(37-33(24)31(22)35-17-1)26-11-5-21-6-12-27(20-28(21)19-26)30-16-14-25-10-8-23-4-2-18-36-32(23)34(25)38-30/h3-27H,1-2H3;1-26H;1-20H. The molecule has 16 aromatic carbocycles. The summed E-state index contributed by atoms with van der Waals surface area (Å²) in [4.78, 5) is 43.9. The Bertz CT molecular complexity index is 7920. The summed E-state index contributed by atoms with van der Waals surface area (Å²) in [7, 11) is 0. The van der Waals surface area contributed by atoms with E-state index in [-0.39, 0.29) is 5.41 Å². The summed E-state index contributed by atoms with van der Waals surface area (Å²) in [5, 5.41) is 11.4. The van der Waals surface area contributed by atoms with E-state index >= 15 is 0 Å². The first-order valence-electron chi connectivity index (χ1n) is 42.2. The zero-order valence-electron chi connectivity index (χ0n) is 68.5. The lowest BCUT2D eigenvalue weighted by molar-refractivity contribution is 0.660. The van der Waals surface area contributed by atoms with E-state index in [1.165, 1.54) is 60.7 Å². The quantitative estimate of drug-likeness (QED) is 0.117. The van der Waals surface area contributed by atoms with Crippen LogP contribution in [0.3, 0.4) is 0 Å². The van der Waals surface area contributed by atoms with Crippen LogP contribution in [0.15, 0.2) is 431 Å². The van der Waals surface area contributed by atoms with Crippen molar-refractivity contribution in [3.8, 4) is 135 Å². The molecule has 0 atom stereocenters. The van der Waals surface area contributed by atoms with Gasteiger partial charge in [-0.1, -0.05) is 347 Å². The molecule has 9 heteroatoms. The minimum Gasteiger partial charge on any atom is -0.256 e. The molecule has 7 aromatic heterocycles. The SMILES string of the molecule is CC1(C)c2ccccc2-c2ccc(-c3cccc(-c4cccc(-c5nc(-c6ccccc6)nc(-c6ccccc6)n5)c4)c3)cc21.c1ccc(-c2ccc3c(-c4ccc(-c5cccc6cccnc56)cc4)cc(-c4ccc5ccccc5c4)nc3c2)cc1.c1cnc2c(c1)ccc1ccc(-c3ccc4ccc(-c5ccc6ccc7cccnc7c6n5)cc4c3)nc12. The van der Waals surface area contributed by atoms with Crippen LogP contribution in [-0.4, -0.2) is 44.9 Å². The van der Waals surface area contributed by atoms with Crippen molar-refractivity contribution in [3.63, 3.8) is 0 Å². The third kappa shape index (κ3) is 14.5. The molecule has 0 amide bonds. The van der Waals surface area contributed by atoms with Crippen molar-refractivity contribution in [2.24, 2.45) is 0 Å². The van der Waals surface area contributed by atoms with E-state index in [9.17, 15) is 0 Å². The lowest BCUT2D eigenvalue weighted by Crippen LogP contribution is -2.14. The highest BCUT2D eigenvalue weighted by Crippen LogP contribution is 2.50. The van der Waals surface area contributed by atoms with Gasteiger partial charge in [0.2, 0.25) is 0 Å². The number of hydrogen-bond donors (Lipinski definition) is 0. The van der Waals surface area contributed by atoms with Gasteiger partial charge in [-0.2, -0.15) is 0 Å². The number of pyridine rings is 6. The maximum Gasteiger partial charge on any atom is 0.164 e. The number of fused-ring (bicyclic) bond motifs is 13. The van der Waals surface area contributed by atoms with Crippen molar-refractivity contribution in [2.75, 3.05) is 0 Å². The highest BCUT2D eigenvalue weighted by molar-refractivity contribution is 6.06.